The predicted molar refractivity (Wildman–Crippen MR) is 72.0 cm³/mol. The highest BCUT2D eigenvalue weighted by atomic mass is 32.2. The molecule has 0 aliphatic carbocycles. The van der Waals surface area contributed by atoms with Gasteiger partial charge < -0.3 is 5.32 Å². The van der Waals surface area contributed by atoms with Crippen molar-refractivity contribution in [3.05, 3.63) is 0 Å². The summed E-state index contributed by atoms with van der Waals surface area (Å²) in [5, 5.41) is 3.27. The van der Waals surface area contributed by atoms with Crippen molar-refractivity contribution < 1.29 is 21.6 Å². The molecular weight excluding hydrogens is 293 g/mol. The molecule has 1 fully saturated rings. The second-order valence-corrected chi connectivity index (χ2v) is 7.15. The molecule has 20 heavy (non-hydrogen) atoms. The van der Waals surface area contributed by atoms with Gasteiger partial charge >= 0.3 is 6.18 Å². The van der Waals surface area contributed by atoms with Crippen molar-refractivity contribution in [1.82, 2.24) is 10.0 Å². The van der Waals surface area contributed by atoms with E-state index in [0.29, 0.717) is 6.42 Å². The Kier molecular flexibility index (Phi) is 7.25. The molecule has 1 aliphatic rings. The molecule has 0 radical (unpaired) electrons. The van der Waals surface area contributed by atoms with E-state index < -0.39 is 22.6 Å². The number of unbranched alkanes of at least 4 members (excludes halogenated alkanes) is 1. The van der Waals surface area contributed by atoms with Crippen LogP contribution in [-0.2, 0) is 10.0 Å². The lowest BCUT2D eigenvalue weighted by molar-refractivity contribution is -0.135. The summed E-state index contributed by atoms with van der Waals surface area (Å²) in [6.07, 6.45) is -1.08. The molecular formula is C12H23F3N2O2S. The number of hydrogen-bond donors (Lipinski definition) is 2. The first-order valence-electron chi connectivity index (χ1n) is 7.06. The summed E-state index contributed by atoms with van der Waals surface area (Å²) in [7, 11) is -3.37. The molecule has 8 heteroatoms. The lowest BCUT2D eigenvalue weighted by atomic mass is 10.0. The van der Waals surface area contributed by atoms with Crippen LogP contribution in [0.15, 0.2) is 0 Å². The lowest BCUT2D eigenvalue weighted by Crippen LogP contribution is -2.37. The summed E-state index contributed by atoms with van der Waals surface area (Å²) in [4.78, 5) is 0. The molecule has 120 valence electrons. The topological polar surface area (TPSA) is 58.2 Å². The highest BCUT2D eigenvalue weighted by molar-refractivity contribution is 7.89. The molecule has 1 rings (SSSR count). The first kappa shape index (κ1) is 17.7. The van der Waals surface area contributed by atoms with Crippen molar-refractivity contribution in [3.8, 4) is 0 Å². The van der Waals surface area contributed by atoms with Gasteiger partial charge in [-0.3, -0.25) is 0 Å². The second kappa shape index (κ2) is 8.19. The molecule has 0 aromatic rings. The lowest BCUT2D eigenvalue weighted by Gasteiger charge is -2.23. The van der Waals surface area contributed by atoms with E-state index in [9.17, 15) is 21.6 Å². The Morgan fingerprint density at radius 2 is 1.95 bits per heavy atom. The molecule has 2 N–H and O–H groups in total. The van der Waals surface area contributed by atoms with Crippen molar-refractivity contribution in [3.63, 3.8) is 0 Å². The zero-order valence-electron chi connectivity index (χ0n) is 11.5. The second-order valence-electron chi connectivity index (χ2n) is 5.22. The van der Waals surface area contributed by atoms with Gasteiger partial charge in [-0.05, 0) is 38.6 Å². The van der Waals surface area contributed by atoms with Crippen molar-refractivity contribution >= 4 is 10.0 Å². The third-order valence-electron chi connectivity index (χ3n) is 3.36. The Morgan fingerprint density at radius 3 is 2.55 bits per heavy atom. The Hall–Kier alpha value is -0.340. The summed E-state index contributed by atoms with van der Waals surface area (Å²) in [5.41, 5.74) is 0. The molecule has 0 bridgehead atoms. The summed E-state index contributed by atoms with van der Waals surface area (Å²) >= 11 is 0. The minimum absolute atomic E-state index is 0.0317. The van der Waals surface area contributed by atoms with Crippen molar-refractivity contribution in [2.75, 3.05) is 18.8 Å². The van der Waals surface area contributed by atoms with Crippen molar-refractivity contribution in [2.24, 2.45) is 0 Å². The fourth-order valence-corrected chi connectivity index (χ4v) is 3.41. The Bertz CT molecular complexity index is 365. The largest absolute Gasteiger partial charge is 0.389 e. The maximum absolute atomic E-state index is 11.9. The molecule has 0 saturated carbocycles. The molecule has 1 aliphatic heterocycles. The summed E-state index contributed by atoms with van der Waals surface area (Å²) in [6.45, 7) is 1.01. The molecule has 1 heterocycles. The van der Waals surface area contributed by atoms with Crippen LogP contribution in [0.4, 0.5) is 13.2 Å². The van der Waals surface area contributed by atoms with Crippen LogP contribution >= 0.6 is 0 Å². The SMILES string of the molecule is O=S(=O)(CCC1CCCCN1)NCCCCC(F)(F)F. The molecule has 0 aromatic heterocycles. The van der Waals surface area contributed by atoms with E-state index in [0.717, 1.165) is 25.8 Å². The van der Waals surface area contributed by atoms with E-state index in [1.807, 2.05) is 0 Å². The van der Waals surface area contributed by atoms with Gasteiger partial charge in [0.25, 0.3) is 0 Å². The highest BCUT2D eigenvalue weighted by Crippen LogP contribution is 2.21. The van der Waals surface area contributed by atoms with Gasteiger partial charge in [0.2, 0.25) is 10.0 Å². The number of sulfonamides is 1. The number of nitrogens with one attached hydrogen (secondary N) is 2. The van der Waals surface area contributed by atoms with E-state index in [4.69, 9.17) is 0 Å². The first-order chi connectivity index (χ1) is 9.29. The maximum Gasteiger partial charge on any atom is 0.389 e. The standard InChI is InChI=1S/C12H23F3N2O2S/c13-12(14,15)7-2-4-9-17-20(18,19)10-6-11-5-1-3-8-16-11/h11,16-17H,1-10H2. The molecule has 1 unspecified atom stereocenters. The predicted octanol–water partition coefficient (Wildman–Crippen LogP) is 2.17. The summed E-state index contributed by atoms with van der Waals surface area (Å²) < 4.78 is 61.4. The average molecular weight is 316 g/mol. The first-order valence-corrected chi connectivity index (χ1v) is 8.71. The van der Waals surface area contributed by atoms with Crippen molar-refractivity contribution in [1.29, 1.82) is 0 Å². The molecule has 4 nitrogen and oxygen atoms in total. The third kappa shape index (κ3) is 8.76. The van der Waals surface area contributed by atoms with Crippen LogP contribution in [-0.4, -0.2) is 39.5 Å². The van der Waals surface area contributed by atoms with Gasteiger partial charge in [-0.15, -0.1) is 0 Å². The zero-order chi connectivity index (χ0) is 15.1. The Morgan fingerprint density at radius 1 is 1.20 bits per heavy atom. The van der Waals surface area contributed by atoms with Crippen molar-refractivity contribution in [2.45, 2.75) is 57.2 Å². The van der Waals surface area contributed by atoms with Gasteiger partial charge in [0.05, 0.1) is 5.75 Å². The molecule has 0 spiro atoms. The van der Waals surface area contributed by atoms with E-state index in [1.54, 1.807) is 0 Å². The zero-order valence-corrected chi connectivity index (χ0v) is 12.3. The summed E-state index contributed by atoms with van der Waals surface area (Å²) in [6, 6.07) is 0.241. The Balaban J connectivity index is 2.11. The van der Waals surface area contributed by atoms with Crippen LogP contribution in [0.2, 0.25) is 0 Å². The normalized spacial score (nSPS) is 21.1. The van der Waals surface area contributed by atoms with Gasteiger partial charge in [-0.25, -0.2) is 13.1 Å². The fourth-order valence-electron chi connectivity index (χ4n) is 2.22. The highest BCUT2D eigenvalue weighted by Gasteiger charge is 2.26. The molecule has 1 saturated heterocycles. The van der Waals surface area contributed by atoms with Crippen LogP contribution in [0.3, 0.4) is 0 Å². The minimum Gasteiger partial charge on any atom is -0.314 e. The van der Waals surface area contributed by atoms with Crippen LogP contribution in [0, 0.1) is 0 Å². The average Bonchev–Trinajstić information content (AvgIpc) is 2.36. The number of rotatable bonds is 8. The monoisotopic (exact) mass is 316 g/mol. The number of piperidine rings is 1. The Labute approximate surface area is 118 Å². The number of alkyl halides is 3. The molecule has 1 atom stereocenters. The fraction of sp³-hybridized carbons (Fsp3) is 1.00. The van der Waals surface area contributed by atoms with Gasteiger partial charge in [0, 0.05) is 19.0 Å². The van der Waals surface area contributed by atoms with Crippen LogP contribution < -0.4 is 10.0 Å². The smallest absolute Gasteiger partial charge is 0.314 e. The van der Waals surface area contributed by atoms with Gasteiger partial charge in [0.1, 0.15) is 0 Å². The minimum atomic E-state index is -4.16. The van der Waals surface area contributed by atoms with Gasteiger partial charge in [-0.1, -0.05) is 6.42 Å². The number of hydrogen-bond acceptors (Lipinski definition) is 3. The van der Waals surface area contributed by atoms with Crippen LogP contribution in [0.25, 0.3) is 0 Å². The maximum atomic E-state index is 11.9. The van der Waals surface area contributed by atoms with Gasteiger partial charge in [0.15, 0.2) is 0 Å². The summed E-state index contributed by atoms with van der Waals surface area (Å²) in [5.74, 6) is 0.0317. The van der Waals surface area contributed by atoms with E-state index >= 15 is 0 Å². The quantitative estimate of drug-likeness (QED) is 0.675. The molecule has 0 aromatic carbocycles. The van der Waals surface area contributed by atoms with Gasteiger partial charge in [-0.2, -0.15) is 13.2 Å². The molecule has 0 amide bonds. The van der Waals surface area contributed by atoms with Crippen LogP contribution in [0.5, 0.6) is 0 Å². The third-order valence-corrected chi connectivity index (χ3v) is 4.77. The van der Waals surface area contributed by atoms with E-state index in [2.05, 4.69) is 10.0 Å². The van der Waals surface area contributed by atoms with E-state index in [1.165, 1.54) is 0 Å². The number of halogens is 3. The van der Waals surface area contributed by atoms with E-state index in [-0.39, 0.29) is 31.2 Å². The van der Waals surface area contributed by atoms with Crippen LogP contribution in [0.1, 0.15) is 44.9 Å².